The molecule has 1 aromatic carbocycles. The lowest BCUT2D eigenvalue weighted by atomic mass is 9.83. The van der Waals surface area contributed by atoms with Gasteiger partial charge >= 0.3 is 0 Å². The van der Waals surface area contributed by atoms with E-state index in [1.807, 2.05) is 28.9 Å². The molecule has 1 saturated carbocycles. The second kappa shape index (κ2) is 9.50. The Morgan fingerprint density at radius 2 is 2.15 bits per heavy atom. The highest BCUT2D eigenvalue weighted by molar-refractivity contribution is 6.31. The first-order valence-electron chi connectivity index (χ1n) is 8.79. The number of aromatic nitrogens is 3. The van der Waals surface area contributed by atoms with Crippen LogP contribution in [0.3, 0.4) is 0 Å². The number of hydrogen-bond acceptors (Lipinski definition) is 5. The van der Waals surface area contributed by atoms with Gasteiger partial charge < -0.3 is 16.2 Å². The third-order valence-corrected chi connectivity index (χ3v) is 5.22. The number of rotatable bonds is 5. The third-order valence-electron chi connectivity index (χ3n) is 4.85. The number of nitrogens with two attached hydrogens (primary N) is 1. The Balaban J connectivity index is 0.00000261. The van der Waals surface area contributed by atoms with Crippen LogP contribution in [0.25, 0.3) is 0 Å². The molecule has 7 nitrogen and oxygen atoms in total. The van der Waals surface area contributed by atoms with E-state index in [0.717, 1.165) is 17.8 Å². The van der Waals surface area contributed by atoms with Gasteiger partial charge in [0.05, 0.1) is 19.1 Å². The first-order chi connectivity index (χ1) is 12.5. The van der Waals surface area contributed by atoms with E-state index in [2.05, 4.69) is 15.4 Å². The van der Waals surface area contributed by atoms with Crippen LogP contribution in [0.1, 0.15) is 42.4 Å². The molecule has 4 N–H and O–H groups in total. The number of benzene rings is 1. The second-order valence-electron chi connectivity index (χ2n) is 6.73. The number of aliphatic hydroxyl groups is 1. The Kier molecular flexibility index (Phi) is 7.61. The number of carbonyl (C=O) groups is 1. The molecule has 0 saturated heterocycles. The van der Waals surface area contributed by atoms with Crippen molar-refractivity contribution in [3.63, 3.8) is 0 Å². The molecule has 1 fully saturated rings. The quantitative estimate of drug-likeness (QED) is 0.690. The van der Waals surface area contributed by atoms with E-state index in [9.17, 15) is 9.90 Å². The molecule has 1 aromatic heterocycles. The lowest BCUT2D eigenvalue weighted by Gasteiger charge is -2.30. The monoisotopic (exact) mass is 413 g/mol. The lowest BCUT2D eigenvalue weighted by Crippen LogP contribution is -2.40. The summed E-state index contributed by atoms with van der Waals surface area (Å²) in [5.41, 5.74) is 6.99. The summed E-state index contributed by atoms with van der Waals surface area (Å²) in [6.07, 6.45) is 1.71. The minimum Gasteiger partial charge on any atom is -0.392 e. The van der Waals surface area contributed by atoms with Gasteiger partial charge in [0, 0.05) is 24.0 Å². The number of hydrogen-bond donors (Lipinski definition) is 3. The van der Waals surface area contributed by atoms with Crippen LogP contribution in [0.4, 0.5) is 0 Å². The highest BCUT2D eigenvalue weighted by Gasteiger charge is 2.31. The molecule has 1 aliphatic carbocycles. The molecule has 148 valence electrons. The Bertz CT molecular complexity index is 783. The zero-order valence-corrected chi connectivity index (χ0v) is 16.7. The van der Waals surface area contributed by atoms with Gasteiger partial charge in [0.1, 0.15) is 5.82 Å². The van der Waals surface area contributed by atoms with E-state index in [1.54, 1.807) is 7.05 Å². The SMILES string of the molecule is CNC(=O)Cc1nc([C@H]2CC[C@@H](O)[C@H](N)C2)n(Cc2ccccc2Cl)n1.Cl. The summed E-state index contributed by atoms with van der Waals surface area (Å²) in [5.74, 6) is 1.24. The minimum absolute atomic E-state index is 0. The van der Waals surface area contributed by atoms with Gasteiger partial charge in [-0.05, 0) is 30.9 Å². The average molecular weight is 414 g/mol. The summed E-state index contributed by atoms with van der Waals surface area (Å²) in [7, 11) is 1.59. The number of carbonyl (C=O) groups excluding carboxylic acids is 1. The molecular formula is C18H25Cl2N5O2. The molecule has 3 rings (SSSR count). The molecule has 0 spiro atoms. The van der Waals surface area contributed by atoms with E-state index < -0.39 is 6.10 Å². The predicted octanol–water partition coefficient (Wildman–Crippen LogP) is 1.65. The molecule has 0 aliphatic heterocycles. The van der Waals surface area contributed by atoms with Crippen LogP contribution >= 0.6 is 24.0 Å². The Morgan fingerprint density at radius 3 is 2.81 bits per heavy atom. The second-order valence-corrected chi connectivity index (χ2v) is 7.13. The molecule has 0 bridgehead atoms. The molecule has 0 radical (unpaired) electrons. The lowest BCUT2D eigenvalue weighted by molar-refractivity contribution is -0.120. The first-order valence-corrected chi connectivity index (χ1v) is 9.17. The van der Waals surface area contributed by atoms with Crippen molar-refractivity contribution in [2.45, 2.75) is 50.3 Å². The van der Waals surface area contributed by atoms with Crippen LogP contribution < -0.4 is 11.1 Å². The Hall–Kier alpha value is -1.67. The highest BCUT2D eigenvalue weighted by Crippen LogP contribution is 2.32. The fourth-order valence-corrected chi connectivity index (χ4v) is 3.54. The summed E-state index contributed by atoms with van der Waals surface area (Å²) in [6.45, 7) is 0.476. The highest BCUT2D eigenvalue weighted by atomic mass is 35.5. The molecule has 3 atom stereocenters. The smallest absolute Gasteiger partial charge is 0.227 e. The summed E-state index contributed by atoms with van der Waals surface area (Å²) in [4.78, 5) is 16.3. The summed E-state index contributed by atoms with van der Waals surface area (Å²) >= 11 is 6.29. The van der Waals surface area contributed by atoms with E-state index >= 15 is 0 Å². The van der Waals surface area contributed by atoms with Crippen molar-refractivity contribution in [3.05, 3.63) is 46.5 Å². The van der Waals surface area contributed by atoms with E-state index in [-0.39, 0.29) is 36.7 Å². The summed E-state index contributed by atoms with van der Waals surface area (Å²) < 4.78 is 1.81. The first kappa shape index (κ1) is 21.6. The third kappa shape index (κ3) is 5.19. The molecule has 9 heteroatoms. The molecule has 0 unspecified atom stereocenters. The number of likely N-dealkylation sites (N-methyl/N-ethyl adjacent to an activating group) is 1. The van der Waals surface area contributed by atoms with Crippen LogP contribution in [-0.2, 0) is 17.8 Å². The standard InChI is InChI=1S/C18H24ClN5O2.ClH/c1-21-17(26)9-16-22-18(11-6-7-15(25)14(20)8-11)24(23-16)10-12-4-2-3-5-13(12)19;/h2-5,11,14-15,25H,6-10,20H2,1H3,(H,21,26);1H/t11-,14+,15+;/m0./s1. The van der Waals surface area contributed by atoms with Crippen molar-refractivity contribution in [2.24, 2.45) is 5.73 Å². The van der Waals surface area contributed by atoms with Gasteiger partial charge in [-0.1, -0.05) is 29.8 Å². The molecule has 27 heavy (non-hydrogen) atoms. The molecule has 1 amide bonds. The van der Waals surface area contributed by atoms with E-state index in [1.165, 1.54) is 0 Å². The largest absolute Gasteiger partial charge is 0.392 e. The number of nitrogens with one attached hydrogen (secondary N) is 1. The van der Waals surface area contributed by atoms with Gasteiger partial charge in [0.25, 0.3) is 0 Å². The normalized spacial score (nSPS) is 22.1. The molecule has 2 aromatic rings. The summed E-state index contributed by atoms with van der Waals surface area (Å²) in [5, 5.41) is 17.7. The van der Waals surface area contributed by atoms with Gasteiger partial charge in [0.15, 0.2) is 5.82 Å². The van der Waals surface area contributed by atoms with Gasteiger partial charge in [0.2, 0.25) is 5.91 Å². The Morgan fingerprint density at radius 1 is 1.41 bits per heavy atom. The summed E-state index contributed by atoms with van der Waals surface area (Å²) in [6, 6.07) is 7.32. The number of amides is 1. The zero-order valence-electron chi connectivity index (χ0n) is 15.1. The topological polar surface area (TPSA) is 106 Å². The van der Waals surface area contributed by atoms with Crippen molar-refractivity contribution in [1.29, 1.82) is 0 Å². The number of aliphatic hydroxyl groups excluding tert-OH is 1. The van der Waals surface area contributed by atoms with Crippen LogP contribution in [0.2, 0.25) is 5.02 Å². The van der Waals surface area contributed by atoms with Crippen LogP contribution in [0.5, 0.6) is 0 Å². The number of halogens is 2. The van der Waals surface area contributed by atoms with Gasteiger partial charge in [-0.25, -0.2) is 9.67 Å². The van der Waals surface area contributed by atoms with Gasteiger partial charge in [-0.2, -0.15) is 5.10 Å². The molecular weight excluding hydrogens is 389 g/mol. The van der Waals surface area contributed by atoms with Crippen molar-refractivity contribution in [3.8, 4) is 0 Å². The molecule has 1 heterocycles. The minimum atomic E-state index is -0.475. The van der Waals surface area contributed by atoms with Crippen LogP contribution in [-0.4, -0.2) is 45.0 Å². The van der Waals surface area contributed by atoms with Gasteiger partial charge in [-0.3, -0.25) is 4.79 Å². The number of nitrogens with zero attached hydrogens (tertiary/aromatic N) is 3. The maximum absolute atomic E-state index is 11.7. The average Bonchev–Trinajstić information content (AvgIpc) is 3.01. The van der Waals surface area contributed by atoms with Crippen molar-refractivity contribution in [1.82, 2.24) is 20.1 Å². The fourth-order valence-electron chi connectivity index (χ4n) is 3.34. The maximum Gasteiger partial charge on any atom is 0.227 e. The van der Waals surface area contributed by atoms with Crippen LogP contribution in [0.15, 0.2) is 24.3 Å². The molecule has 1 aliphatic rings. The van der Waals surface area contributed by atoms with E-state index in [4.69, 9.17) is 17.3 Å². The predicted molar refractivity (Wildman–Crippen MR) is 106 cm³/mol. The van der Waals surface area contributed by atoms with Gasteiger partial charge in [-0.15, -0.1) is 12.4 Å². The van der Waals surface area contributed by atoms with Crippen molar-refractivity contribution in [2.75, 3.05) is 7.05 Å². The maximum atomic E-state index is 11.7. The van der Waals surface area contributed by atoms with Crippen molar-refractivity contribution >= 4 is 29.9 Å². The zero-order chi connectivity index (χ0) is 18.7. The van der Waals surface area contributed by atoms with Crippen molar-refractivity contribution < 1.29 is 9.90 Å². The van der Waals surface area contributed by atoms with E-state index in [0.29, 0.717) is 30.2 Å². The fraction of sp³-hybridized carbons (Fsp3) is 0.500. The Labute approximate surface area is 169 Å². The van der Waals surface area contributed by atoms with Crippen LogP contribution in [0, 0.1) is 0 Å².